The van der Waals surface area contributed by atoms with Crippen molar-refractivity contribution in [2.24, 2.45) is 23.2 Å². The van der Waals surface area contributed by atoms with E-state index in [4.69, 9.17) is 0 Å². The minimum absolute atomic E-state index is 0.312. The van der Waals surface area contributed by atoms with Crippen molar-refractivity contribution in [2.45, 2.75) is 103 Å². The number of hydrogen-bond donors (Lipinski definition) is 3. The van der Waals surface area contributed by atoms with E-state index < -0.39 is 17.8 Å². The van der Waals surface area contributed by atoms with Gasteiger partial charge < -0.3 is 15.3 Å². The first-order valence-electron chi connectivity index (χ1n) is 13.2. The number of aliphatic hydroxyl groups is 3. The summed E-state index contributed by atoms with van der Waals surface area (Å²) in [6.45, 7) is 13.0. The van der Waals surface area contributed by atoms with Gasteiger partial charge in [-0.2, -0.15) is 0 Å². The molecule has 184 valence electrons. The molecule has 0 amide bonds. The van der Waals surface area contributed by atoms with Gasteiger partial charge >= 0.3 is 0 Å². The van der Waals surface area contributed by atoms with Crippen molar-refractivity contribution in [3.05, 3.63) is 59.8 Å². The van der Waals surface area contributed by atoms with E-state index in [1.54, 1.807) is 0 Å². The van der Waals surface area contributed by atoms with Gasteiger partial charge in [0.15, 0.2) is 0 Å². The third-order valence-electron chi connectivity index (χ3n) is 9.09. The van der Waals surface area contributed by atoms with Crippen LogP contribution < -0.4 is 0 Å². The molecule has 3 heteroatoms. The highest BCUT2D eigenvalue weighted by atomic mass is 16.3. The van der Waals surface area contributed by atoms with Crippen molar-refractivity contribution in [3.8, 4) is 0 Å². The van der Waals surface area contributed by atoms with Crippen LogP contribution in [0.5, 0.6) is 0 Å². The first-order chi connectivity index (χ1) is 15.6. The summed E-state index contributed by atoms with van der Waals surface area (Å²) in [4.78, 5) is 0. The van der Waals surface area contributed by atoms with Crippen LogP contribution in [0.2, 0.25) is 0 Å². The Morgan fingerprint density at radius 2 is 1.88 bits per heavy atom. The molecule has 3 rings (SSSR count). The molecule has 0 heterocycles. The second-order valence-electron chi connectivity index (χ2n) is 11.1. The van der Waals surface area contributed by atoms with Crippen molar-refractivity contribution >= 4 is 0 Å². The average molecular weight is 455 g/mol. The van der Waals surface area contributed by atoms with Crippen LogP contribution >= 0.6 is 0 Å². The average Bonchev–Trinajstić information content (AvgIpc) is 3.15. The summed E-state index contributed by atoms with van der Waals surface area (Å²) >= 11 is 0. The van der Waals surface area contributed by atoms with Gasteiger partial charge in [-0.1, -0.05) is 76.3 Å². The molecule has 0 unspecified atom stereocenters. The Morgan fingerprint density at radius 3 is 2.58 bits per heavy atom. The summed E-state index contributed by atoms with van der Waals surface area (Å²) in [6, 6.07) is 0. The zero-order valence-electron chi connectivity index (χ0n) is 21.3. The lowest BCUT2D eigenvalue weighted by Gasteiger charge is -2.44. The van der Waals surface area contributed by atoms with E-state index in [0.29, 0.717) is 36.0 Å². The Hall–Kier alpha value is -1.42. The van der Waals surface area contributed by atoms with Crippen molar-refractivity contribution in [3.63, 3.8) is 0 Å². The summed E-state index contributed by atoms with van der Waals surface area (Å²) in [7, 11) is 0. The second-order valence-corrected chi connectivity index (χ2v) is 11.1. The molecule has 0 radical (unpaired) electrons. The molecule has 0 aromatic carbocycles. The molecular formula is C30H46O3. The molecule has 3 nitrogen and oxygen atoms in total. The normalized spacial score (nSPS) is 36.9. The molecule has 6 atom stereocenters. The van der Waals surface area contributed by atoms with Gasteiger partial charge in [0, 0.05) is 6.42 Å². The van der Waals surface area contributed by atoms with E-state index in [2.05, 4.69) is 44.7 Å². The molecule has 0 bridgehead atoms. The fourth-order valence-corrected chi connectivity index (χ4v) is 6.70. The van der Waals surface area contributed by atoms with Crippen molar-refractivity contribution in [1.29, 1.82) is 0 Å². The van der Waals surface area contributed by atoms with E-state index in [1.165, 1.54) is 31.3 Å². The summed E-state index contributed by atoms with van der Waals surface area (Å²) in [5.41, 5.74) is 2.92. The molecule has 0 aromatic rings. The van der Waals surface area contributed by atoms with Crippen LogP contribution in [0.1, 0.15) is 85.5 Å². The molecule has 0 aliphatic heterocycles. The first-order valence-corrected chi connectivity index (χ1v) is 13.2. The predicted octanol–water partition coefficient (Wildman–Crippen LogP) is 6.43. The molecule has 3 saturated carbocycles. The predicted molar refractivity (Wildman–Crippen MR) is 138 cm³/mol. The minimum Gasteiger partial charge on any atom is -0.393 e. The van der Waals surface area contributed by atoms with Gasteiger partial charge in [-0.25, -0.2) is 0 Å². The quantitative estimate of drug-likeness (QED) is 0.389. The highest BCUT2D eigenvalue weighted by Crippen LogP contribution is 2.59. The van der Waals surface area contributed by atoms with Crippen LogP contribution in [0.4, 0.5) is 0 Å². The second kappa shape index (κ2) is 10.9. The van der Waals surface area contributed by atoms with Gasteiger partial charge in [0.05, 0.1) is 17.8 Å². The zero-order chi connectivity index (χ0) is 24.2. The number of allylic oxidation sites excluding steroid dienone is 6. The highest BCUT2D eigenvalue weighted by Gasteiger charge is 2.50. The fraction of sp³-hybridized carbons (Fsp3) is 0.667. The monoisotopic (exact) mass is 454 g/mol. The van der Waals surface area contributed by atoms with Crippen LogP contribution in [0.25, 0.3) is 0 Å². The van der Waals surface area contributed by atoms with Crippen LogP contribution in [-0.2, 0) is 0 Å². The lowest BCUT2D eigenvalue weighted by atomic mass is 9.61. The van der Waals surface area contributed by atoms with Gasteiger partial charge in [-0.05, 0) is 85.7 Å². The zero-order valence-corrected chi connectivity index (χ0v) is 21.3. The van der Waals surface area contributed by atoms with Crippen LogP contribution in [0, 0.1) is 23.2 Å². The van der Waals surface area contributed by atoms with E-state index >= 15 is 0 Å². The summed E-state index contributed by atoms with van der Waals surface area (Å²) < 4.78 is 0. The molecule has 3 fully saturated rings. The number of aliphatic hydroxyl groups excluding tert-OH is 2. The highest BCUT2D eigenvalue weighted by molar-refractivity contribution is 5.38. The topological polar surface area (TPSA) is 60.7 Å². The lowest BCUT2D eigenvalue weighted by Crippen LogP contribution is -2.35. The third kappa shape index (κ3) is 5.81. The van der Waals surface area contributed by atoms with Gasteiger partial charge in [0.2, 0.25) is 0 Å². The Bertz CT molecular complexity index is 812. The van der Waals surface area contributed by atoms with Gasteiger partial charge in [0.1, 0.15) is 0 Å². The maximum atomic E-state index is 10.5. The Morgan fingerprint density at radius 1 is 1.15 bits per heavy atom. The lowest BCUT2D eigenvalue weighted by molar-refractivity contribution is 0.0827. The van der Waals surface area contributed by atoms with Crippen LogP contribution in [0.3, 0.4) is 0 Å². The molecule has 33 heavy (non-hydrogen) atoms. The molecule has 3 aliphatic carbocycles. The van der Waals surface area contributed by atoms with E-state index in [9.17, 15) is 15.3 Å². The summed E-state index contributed by atoms with van der Waals surface area (Å²) in [6.07, 6.45) is 20.3. The maximum absolute atomic E-state index is 10.5. The minimum atomic E-state index is -0.689. The van der Waals surface area contributed by atoms with E-state index in [1.807, 2.05) is 26.0 Å². The molecule has 0 spiro atoms. The van der Waals surface area contributed by atoms with Gasteiger partial charge in [-0.3, -0.25) is 0 Å². The third-order valence-corrected chi connectivity index (χ3v) is 9.09. The Balaban J connectivity index is 1.72. The first kappa shape index (κ1) is 26.2. The van der Waals surface area contributed by atoms with E-state index in [-0.39, 0.29) is 0 Å². The van der Waals surface area contributed by atoms with Crippen LogP contribution in [-0.4, -0.2) is 33.1 Å². The standard InChI is InChI=1S/C30H46O3/c1-6-30(33,7-2)18-9-8-11-21(3)26-15-16-27-23(12-10-17-29(26,27)5)13-14-24-19-25(31)20-28(32)22(24)4/h8-9,11,13-14,18,21,25-28,31-33H,4,6-7,10,12,15-17,19-20H2,1-3,5H3/b11-8+,18-9+,23-13-,24-14-/t21-,25+,26-,27+,28+,29-/m1/s1. The van der Waals surface area contributed by atoms with Crippen LogP contribution in [0.15, 0.2) is 59.8 Å². The number of fused-ring (bicyclic) bond motifs is 1. The van der Waals surface area contributed by atoms with E-state index in [0.717, 1.165) is 30.4 Å². The Kier molecular flexibility index (Phi) is 8.64. The SMILES string of the molecule is C=C1/C(=C\C=C2\CCC[C@]3(C)[C@@H]([C@H](C)/C=C/C=C/C(O)(CC)CC)CC[C@@H]23)C[C@H](O)C[C@@H]1O. The molecular weight excluding hydrogens is 408 g/mol. The van der Waals surface area contributed by atoms with Crippen molar-refractivity contribution in [2.75, 3.05) is 0 Å². The molecule has 3 N–H and O–H groups in total. The molecule has 0 aromatic heterocycles. The summed E-state index contributed by atoms with van der Waals surface area (Å²) in [5, 5.41) is 30.7. The van der Waals surface area contributed by atoms with Crippen molar-refractivity contribution in [1.82, 2.24) is 0 Å². The van der Waals surface area contributed by atoms with Gasteiger partial charge in [0.25, 0.3) is 0 Å². The number of rotatable bonds is 7. The van der Waals surface area contributed by atoms with Crippen molar-refractivity contribution < 1.29 is 15.3 Å². The molecule has 3 aliphatic rings. The largest absolute Gasteiger partial charge is 0.393 e. The smallest absolute Gasteiger partial charge is 0.0825 e. The fourth-order valence-electron chi connectivity index (χ4n) is 6.70. The van der Waals surface area contributed by atoms with Gasteiger partial charge in [-0.15, -0.1) is 0 Å². The maximum Gasteiger partial charge on any atom is 0.0825 e. The number of hydrogen-bond acceptors (Lipinski definition) is 3. The molecule has 0 saturated heterocycles. The summed E-state index contributed by atoms with van der Waals surface area (Å²) in [5.74, 6) is 1.77. The Labute approximate surface area is 201 Å².